The molecule has 0 bridgehead atoms. The third-order valence-electron chi connectivity index (χ3n) is 2.92. The molecule has 2 N–H and O–H groups in total. The summed E-state index contributed by atoms with van der Waals surface area (Å²) >= 11 is 1.46. The summed E-state index contributed by atoms with van der Waals surface area (Å²) in [5.74, 6) is 1.43. The van der Waals surface area contributed by atoms with Crippen LogP contribution in [0.2, 0.25) is 0 Å². The van der Waals surface area contributed by atoms with E-state index in [-0.39, 0.29) is 5.91 Å². The smallest absolute Gasteiger partial charge is 0.261 e. The highest BCUT2D eigenvalue weighted by Crippen LogP contribution is 2.28. The highest BCUT2D eigenvalue weighted by molar-refractivity contribution is 7.20. The number of ether oxygens (including phenoxy) is 1. The second-order valence-corrected chi connectivity index (χ2v) is 5.32. The van der Waals surface area contributed by atoms with Gasteiger partial charge < -0.3 is 15.0 Å². The lowest BCUT2D eigenvalue weighted by atomic mass is 10.2. The van der Waals surface area contributed by atoms with Crippen molar-refractivity contribution in [3.8, 4) is 5.75 Å². The fourth-order valence-corrected chi connectivity index (χ4v) is 2.87. The first kappa shape index (κ1) is 12.7. The molecular formula is C14H13N3O2S. The summed E-state index contributed by atoms with van der Waals surface area (Å²) in [5, 5.41) is 3.85. The number of thiophene rings is 1. The molecule has 2 aromatic heterocycles. The van der Waals surface area contributed by atoms with E-state index in [1.54, 1.807) is 19.5 Å². The number of hydrogen-bond acceptors (Lipinski definition) is 4. The summed E-state index contributed by atoms with van der Waals surface area (Å²) in [6, 6.07) is 7.65. The zero-order valence-electron chi connectivity index (χ0n) is 10.8. The van der Waals surface area contributed by atoms with E-state index in [4.69, 9.17) is 4.74 Å². The highest BCUT2D eigenvalue weighted by Gasteiger charge is 2.11. The van der Waals surface area contributed by atoms with Gasteiger partial charge in [-0.25, -0.2) is 4.98 Å². The number of H-pyrrole nitrogens is 1. The van der Waals surface area contributed by atoms with Crippen LogP contribution in [0, 0.1) is 0 Å². The Labute approximate surface area is 119 Å². The normalized spacial score (nSPS) is 10.7. The maximum absolute atomic E-state index is 12.1. The predicted molar refractivity (Wildman–Crippen MR) is 78.1 cm³/mol. The average molecular weight is 287 g/mol. The van der Waals surface area contributed by atoms with Crippen molar-refractivity contribution < 1.29 is 9.53 Å². The van der Waals surface area contributed by atoms with E-state index in [2.05, 4.69) is 15.3 Å². The Morgan fingerprint density at radius 2 is 2.35 bits per heavy atom. The Balaban J connectivity index is 1.77. The molecule has 0 fully saturated rings. The molecule has 0 saturated heterocycles. The number of methoxy groups -OCH3 is 1. The predicted octanol–water partition coefficient (Wildman–Crippen LogP) is 2.56. The van der Waals surface area contributed by atoms with Crippen LogP contribution in [0.25, 0.3) is 10.1 Å². The van der Waals surface area contributed by atoms with Crippen molar-refractivity contribution in [1.29, 1.82) is 0 Å². The van der Waals surface area contributed by atoms with Gasteiger partial charge in [-0.3, -0.25) is 4.79 Å². The van der Waals surface area contributed by atoms with Crippen LogP contribution in [0.3, 0.4) is 0 Å². The van der Waals surface area contributed by atoms with Crippen LogP contribution in [-0.4, -0.2) is 23.0 Å². The molecule has 0 unspecified atom stereocenters. The zero-order valence-corrected chi connectivity index (χ0v) is 11.7. The van der Waals surface area contributed by atoms with Gasteiger partial charge in [-0.15, -0.1) is 11.3 Å². The van der Waals surface area contributed by atoms with Gasteiger partial charge >= 0.3 is 0 Å². The Bertz CT molecular complexity index is 734. The third-order valence-corrected chi connectivity index (χ3v) is 4.03. The van der Waals surface area contributed by atoms with Crippen molar-refractivity contribution in [3.05, 3.63) is 47.4 Å². The third kappa shape index (κ3) is 2.50. The SMILES string of the molecule is COc1ccc2sc(C(=O)NCc3ncc[nH]3)cc2c1. The van der Waals surface area contributed by atoms with Gasteiger partial charge in [0.05, 0.1) is 18.5 Å². The number of amides is 1. The van der Waals surface area contributed by atoms with E-state index in [0.29, 0.717) is 11.4 Å². The Hall–Kier alpha value is -2.34. The van der Waals surface area contributed by atoms with Gasteiger partial charge in [0.25, 0.3) is 5.91 Å². The van der Waals surface area contributed by atoms with Crippen LogP contribution < -0.4 is 10.1 Å². The molecule has 102 valence electrons. The molecule has 0 atom stereocenters. The molecule has 20 heavy (non-hydrogen) atoms. The number of aromatic nitrogens is 2. The van der Waals surface area contributed by atoms with Gasteiger partial charge in [-0.05, 0) is 29.7 Å². The number of aromatic amines is 1. The number of nitrogens with zero attached hydrogens (tertiary/aromatic N) is 1. The largest absolute Gasteiger partial charge is 0.497 e. The van der Waals surface area contributed by atoms with E-state index in [0.717, 1.165) is 21.7 Å². The molecule has 0 radical (unpaired) electrons. The second-order valence-electron chi connectivity index (χ2n) is 4.23. The first-order valence-electron chi connectivity index (χ1n) is 6.10. The van der Waals surface area contributed by atoms with Gasteiger partial charge in [0.15, 0.2) is 0 Å². The maximum Gasteiger partial charge on any atom is 0.261 e. The number of nitrogens with one attached hydrogen (secondary N) is 2. The minimum atomic E-state index is -0.0958. The van der Waals surface area contributed by atoms with Crippen molar-refractivity contribution in [2.75, 3.05) is 7.11 Å². The lowest BCUT2D eigenvalue weighted by molar-refractivity contribution is 0.0954. The summed E-state index contributed by atoms with van der Waals surface area (Å²) in [7, 11) is 1.63. The van der Waals surface area contributed by atoms with Crippen molar-refractivity contribution in [3.63, 3.8) is 0 Å². The van der Waals surface area contributed by atoms with Crippen LogP contribution in [0.15, 0.2) is 36.7 Å². The highest BCUT2D eigenvalue weighted by atomic mass is 32.1. The Kier molecular flexibility index (Phi) is 3.39. The van der Waals surface area contributed by atoms with Gasteiger partial charge in [-0.1, -0.05) is 0 Å². The van der Waals surface area contributed by atoms with Crippen LogP contribution in [0.4, 0.5) is 0 Å². The Morgan fingerprint density at radius 3 is 3.10 bits per heavy atom. The van der Waals surface area contributed by atoms with Gasteiger partial charge in [0, 0.05) is 17.1 Å². The van der Waals surface area contributed by atoms with E-state index in [1.807, 2.05) is 24.3 Å². The number of carbonyl (C=O) groups excluding carboxylic acids is 1. The zero-order chi connectivity index (χ0) is 13.9. The summed E-state index contributed by atoms with van der Waals surface area (Å²) in [4.78, 5) is 19.8. The number of carbonyl (C=O) groups is 1. The molecule has 0 aliphatic carbocycles. The number of fused-ring (bicyclic) bond motifs is 1. The standard InChI is InChI=1S/C14H13N3O2S/c1-19-10-2-3-11-9(6-10)7-12(20-11)14(18)17-8-13-15-4-5-16-13/h2-7H,8H2,1H3,(H,15,16)(H,17,18). The number of hydrogen-bond donors (Lipinski definition) is 2. The molecule has 3 rings (SSSR count). The van der Waals surface area contributed by atoms with E-state index in [9.17, 15) is 4.79 Å². The molecule has 5 nitrogen and oxygen atoms in total. The molecule has 2 heterocycles. The average Bonchev–Trinajstić information content (AvgIpc) is 3.12. The topological polar surface area (TPSA) is 67.0 Å². The van der Waals surface area contributed by atoms with E-state index >= 15 is 0 Å². The molecule has 1 amide bonds. The van der Waals surface area contributed by atoms with Crippen molar-refractivity contribution >= 4 is 27.3 Å². The number of rotatable bonds is 4. The van der Waals surface area contributed by atoms with Crippen LogP contribution in [0.5, 0.6) is 5.75 Å². The monoisotopic (exact) mass is 287 g/mol. The first-order chi connectivity index (χ1) is 9.76. The fraction of sp³-hybridized carbons (Fsp3) is 0.143. The van der Waals surface area contributed by atoms with Gasteiger partial charge in [0.1, 0.15) is 11.6 Å². The fourth-order valence-electron chi connectivity index (χ4n) is 1.91. The minimum absolute atomic E-state index is 0.0958. The number of imidazole rings is 1. The summed E-state index contributed by atoms with van der Waals surface area (Å²) < 4.78 is 6.24. The first-order valence-corrected chi connectivity index (χ1v) is 6.92. The number of benzene rings is 1. The summed E-state index contributed by atoms with van der Waals surface area (Å²) in [5.41, 5.74) is 0. The molecule has 1 aromatic carbocycles. The van der Waals surface area contributed by atoms with Crippen molar-refractivity contribution in [2.24, 2.45) is 0 Å². The quantitative estimate of drug-likeness (QED) is 0.775. The molecule has 0 spiro atoms. The van der Waals surface area contributed by atoms with Crippen molar-refractivity contribution in [1.82, 2.24) is 15.3 Å². The van der Waals surface area contributed by atoms with Crippen LogP contribution in [0.1, 0.15) is 15.5 Å². The molecular weight excluding hydrogens is 274 g/mol. The Morgan fingerprint density at radius 1 is 1.45 bits per heavy atom. The molecule has 6 heteroatoms. The van der Waals surface area contributed by atoms with Crippen molar-refractivity contribution in [2.45, 2.75) is 6.54 Å². The van der Waals surface area contributed by atoms with Gasteiger partial charge in [0.2, 0.25) is 0 Å². The van der Waals surface area contributed by atoms with Crippen LogP contribution in [-0.2, 0) is 6.54 Å². The summed E-state index contributed by atoms with van der Waals surface area (Å²) in [6.45, 7) is 0.392. The lowest BCUT2D eigenvalue weighted by Gasteiger charge is -1.99. The maximum atomic E-state index is 12.1. The minimum Gasteiger partial charge on any atom is -0.497 e. The summed E-state index contributed by atoms with van der Waals surface area (Å²) in [6.07, 6.45) is 3.39. The molecule has 0 aliphatic rings. The van der Waals surface area contributed by atoms with Crippen LogP contribution >= 0.6 is 11.3 Å². The van der Waals surface area contributed by atoms with E-state index < -0.39 is 0 Å². The lowest BCUT2D eigenvalue weighted by Crippen LogP contribution is -2.22. The van der Waals surface area contributed by atoms with Gasteiger partial charge in [-0.2, -0.15) is 0 Å². The molecule has 0 saturated carbocycles. The molecule has 3 aromatic rings. The second kappa shape index (κ2) is 5.34. The molecule has 0 aliphatic heterocycles. The van der Waals surface area contributed by atoms with E-state index in [1.165, 1.54) is 11.3 Å².